The highest BCUT2D eigenvalue weighted by molar-refractivity contribution is 6.28. The minimum absolute atomic E-state index is 0.0475. The van der Waals surface area contributed by atoms with Crippen LogP contribution >= 0.6 is 11.6 Å². The summed E-state index contributed by atoms with van der Waals surface area (Å²) in [6.45, 7) is 0. The van der Waals surface area contributed by atoms with Crippen LogP contribution in [-0.4, -0.2) is 0 Å². The highest BCUT2D eigenvalue weighted by atomic mass is 35.5. The molecule has 0 bridgehead atoms. The summed E-state index contributed by atoms with van der Waals surface area (Å²) >= 11 is 5.65. The number of furan rings is 1. The Kier molecular flexibility index (Phi) is 2.11. The predicted octanol–water partition coefficient (Wildman–Crippen LogP) is 2.73. The number of rotatable bonds is 2. The van der Waals surface area contributed by atoms with Crippen molar-refractivity contribution in [2.24, 2.45) is 11.7 Å². The second-order valence-corrected chi connectivity index (χ2v) is 3.73. The Morgan fingerprint density at radius 1 is 1.50 bits per heavy atom. The van der Waals surface area contributed by atoms with Crippen LogP contribution in [0.25, 0.3) is 0 Å². The minimum atomic E-state index is 0.0475. The van der Waals surface area contributed by atoms with Crippen LogP contribution in [0.2, 0.25) is 5.22 Å². The Morgan fingerprint density at radius 2 is 2.25 bits per heavy atom. The summed E-state index contributed by atoms with van der Waals surface area (Å²) < 4.78 is 5.24. The average molecular weight is 186 g/mol. The quantitative estimate of drug-likeness (QED) is 0.770. The molecule has 0 saturated heterocycles. The van der Waals surface area contributed by atoms with Gasteiger partial charge in [-0.05, 0) is 42.5 Å². The molecule has 0 spiro atoms. The third kappa shape index (κ3) is 1.37. The van der Waals surface area contributed by atoms with Gasteiger partial charge in [0.25, 0.3) is 0 Å². The Balaban J connectivity index is 2.08. The van der Waals surface area contributed by atoms with E-state index in [9.17, 15) is 0 Å². The second-order valence-electron chi connectivity index (χ2n) is 3.36. The van der Waals surface area contributed by atoms with Crippen molar-refractivity contribution < 1.29 is 4.42 Å². The molecule has 1 aliphatic rings. The van der Waals surface area contributed by atoms with Crippen molar-refractivity contribution in [3.63, 3.8) is 0 Å². The van der Waals surface area contributed by atoms with E-state index in [1.54, 1.807) is 6.07 Å². The summed E-state index contributed by atoms with van der Waals surface area (Å²) in [4.78, 5) is 0. The van der Waals surface area contributed by atoms with Crippen LogP contribution in [0, 0.1) is 5.92 Å². The fraction of sp³-hybridized carbons (Fsp3) is 0.556. The molecule has 0 amide bonds. The monoisotopic (exact) mass is 185 g/mol. The molecular weight excluding hydrogens is 174 g/mol. The average Bonchev–Trinajstić information content (AvgIpc) is 2.31. The first-order valence-electron chi connectivity index (χ1n) is 4.28. The van der Waals surface area contributed by atoms with Crippen LogP contribution in [0.5, 0.6) is 0 Å². The van der Waals surface area contributed by atoms with Crippen molar-refractivity contribution >= 4 is 11.6 Å². The van der Waals surface area contributed by atoms with Gasteiger partial charge in [-0.1, -0.05) is 6.42 Å². The zero-order chi connectivity index (χ0) is 8.55. The molecule has 1 aromatic rings. The van der Waals surface area contributed by atoms with Gasteiger partial charge in [-0.3, -0.25) is 0 Å². The zero-order valence-electron chi connectivity index (χ0n) is 6.79. The van der Waals surface area contributed by atoms with Gasteiger partial charge in [0.15, 0.2) is 5.22 Å². The SMILES string of the molecule is NC(c1ccc(Cl)o1)C1CCC1. The van der Waals surface area contributed by atoms with E-state index in [2.05, 4.69) is 0 Å². The van der Waals surface area contributed by atoms with Crippen LogP contribution in [0.15, 0.2) is 16.5 Å². The summed E-state index contributed by atoms with van der Waals surface area (Å²) in [5, 5.41) is 0.430. The maximum atomic E-state index is 5.96. The van der Waals surface area contributed by atoms with Crippen molar-refractivity contribution in [2.45, 2.75) is 25.3 Å². The van der Waals surface area contributed by atoms with Gasteiger partial charge in [0.05, 0.1) is 6.04 Å². The number of hydrogen-bond acceptors (Lipinski definition) is 2. The molecule has 0 aromatic carbocycles. The molecule has 0 aliphatic heterocycles. The molecule has 12 heavy (non-hydrogen) atoms. The lowest BCUT2D eigenvalue weighted by Crippen LogP contribution is -2.26. The van der Waals surface area contributed by atoms with Crippen LogP contribution in [0.1, 0.15) is 31.1 Å². The number of nitrogens with two attached hydrogens (primary N) is 1. The Bertz CT molecular complexity index is 267. The largest absolute Gasteiger partial charge is 0.448 e. The third-order valence-electron chi connectivity index (χ3n) is 2.58. The third-order valence-corrected chi connectivity index (χ3v) is 2.78. The topological polar surface area (TPSA) is 39.2 Å². The van der Waals surface area contributed by atoms with Gasteiger partial charge < -0.3 is 10.2 Å². The number of hydrogen-bond donors (Lipinski definition) is 1. The van der Waals surface area contributed by atoms with Gasteiger partial charge in [0.2, 0.25) is 0 Å². The van der Waals surface area contributed by atoms with E-state index < -0.39 is 0 Å². The van der Waals surface area contributed by atoms with E-state index in [-0.39, 0.29) is 6.04 Å². The molecule has 1 unspecified atom stereocenters. The van der Waals surface area contributed by atoms with Gasteiger partial charge in [-0.2, -0.15) is 0 Å². The molecule has 1 saturated carbocycles. The fourth-order valence-corrected chi connectivity index (χ4v) is 1.69. The molecule has 0 radical (unpaired) electrons. The van der Waals surface area contributed by atoms with Crippen LogP contribution in [0.3, 0.4) is 0 Å². The Labute approximate surface area is 76.7 Å². The second kappa shape index (κ2) is 3.11. The smallest absolute Gasteiger partial charge is 0.193 e. The highest BCUT2D eigenvalue weighted by Gasteiger charge is 2.27. The first kappa shape index (κ1) is 8.14. The van der Waals surface area contributed by atoms with E-state index in [0.717, 1.165) is 5.76 Å². The fourth-order valence-electron chi connectivity index (χ4n) is 1.54. The summed E-state index contributed by atoms with van der Waals surface area (Å²) in [5.74, 6) is 1.43. The summed E-state index contributed by atoms with van der Waals surface area (Å²) in [5.41, 5.74) is 5.96. The molecule has 66 valence electrons. The standard InChI is InChI=1S/C9H12ClNO/c10-8-5-4-7(12-8)9(11)6-2-1-3-6/h4-6,9H,1-3,11H2. The lowest BCUT2D eigenvalue weighted by atomic mass is 9.79. The van der Waals surface area contributed by atoms with Crippen molar-refractivity contribution in [1.82, 2.24) is 0 Å². The molecule has 2 nitrogen and oxygen atoms in total. The van der Waals surface area contributed by atoms with Gasteiger partial charge in [-0.15, -0.1) is 0 Å². The molecule has 1 heterocycles. The molecule has 1 fully saturated rings. The molecule has 1 atom stereocenters. The molecule has 1 aromatic heterocycles. The predicted molar refractivity (Wildman–Crippen MR) is 48.0 cm³/mol. The highest BCUT2D eigenvalue weighted by Crippen LogP contribution is 2.36. The first-order chi connectivity index (χ1) is 5.77. The minimum Gasteiger partial charge on any atom is -0.448 e. The van der Waals surface area contributed by atoms with Crippen molar-refractivity contribution in [1.29, 1.82) is 0 Å². The van der Waals surface area contributed by atoms with Gasteiger partial charge in [-0.25, -0.2) is 0 Å². The van der Waals surface area contributed by atoms with E-state index in [1.807, 2.05) is 6.07 Å². The summed E-state index contributed by atoms with van der Waals surface area (Å²) in [7, 11) is 0. The molecular formula is C9H12ClNO. The first-order valence-corrected chi connectivity index (χ1v) is 4.66. The molecule has 3 heteroatoms. The van der Waals surface area contributed by atoms with E-state index in [0.29, 0.717) is 11.1 Å². The maximum absolute atomic E-state index is 5.96. The normalized spacial score (nSPS) is 20.5. The van der Waals surface area contributed by atoms with Gasteiger partial charge in [0, 0.05) is 0 Å². The molecule has 2 N–H and O–H groups in total. The van der Waals surface area contributed by atoms with Crippen LogP contribution in [0.4, 0.5) is 0 Å². The summed E-state index contributed by atoms with van der Waals surface area (Å²) in [6, 6.07) is 3.66. The van der Waals surface area contributed by atoms with Crippen molar-refractivity contribution in [3.8, 4) is 0 Å². The zero-order valence-corrected chi connectivity index (χ0v) is 7.55. The Hall–Kier alpha value is -0.470. The molecule has 2 rings (SSSR count). The summed E-state index contributed by atoms with van der Waals surface area (Å²) in [6.07, 6.45) is 3.74. The van der Waals surface area contributed by atoms with Crippen molar-refractivity contribution in [3.05, 3.63) is 23.1 Å². The van der Waals surface area contributed by atoms with E-state index in [1.165, 1.54) is 19.3 Å². The van der Waals surface area contributed by atoms with Crippen molar-refractivity contribution in [2.75, 3.05) is 0 Å². The van der Waals surface area contributed by atoms with Gasteiger partial charge >= 0.3 is 0 Å². The van der Waals surface area contributed by atoms with E-state index in [4.69, 9.17) is 21.8 Å². The molecule has 1 aliphatic carbocycles. The van der Waals surface area contributed by atoms with E-state index >= 15 is 0 Å². The Morgan fingerprint density at radius 3 is 2.67 bits per heavy atom. The lowest BCUT2D eigenvalue weighted by Gasteiger charge is -2.29. The van der Waals surface area contributed by atoms with Gasteiger partial charge in [0.1, 0.15) is 5.76 Å². The lowest BCUT2D eigenvalue weighted by molar-refractivity contribution is 0.241. The van der Waals surface area contributed by atoms with Crippen LogP contribution in [-0.2, 0) is 0 Å². The maximum Gasteiger partial charge on any atom is 0.193 e. The number of halogens is 1. The van der Waals surface area contributed by atoms with Crippen LogP contribution < -0.4 is 5.73 Å².